The van der Waals surface area contributed by atoms with Crippen molar-refractivity contribution >= 4 is 28.5 Å². The number of β-amino-alcohol motifs (C(OH)–C–C–N with tert-alkyl or cyclic N) is 1. The van der Waals surface area contributed by atoms with E-state index in [1.54, 1.807) is 29.2 Å². The number of hydrogen-bond donors (Lipinski definition) is 6. The molecule has 12 nitrogen and oxygen atoms in total. The highest BCUT2D eigenvalue weighted by atomic mass is 16.5. The third-order valence-electron chi connectivity index (χ3n) is 7.71. The van der Waals surface area contributed by atoms with Crippen LogP contribution in [0.15, 0.2) is 71.3 Å². The smallest absolute Gasteiger partial charge is 0.254 e. The van der Waals surface area contributed by atoms with Gasteiger partial charge < -0.3 is 40.7 Å². The number of hydrogen-bond acceptors (Lipinski definition) is 10. The molecule has 3 heterocycles. The molecule has 0 saturated carbocycles. The van der Waals surface area contributed by atoms with Gasteiger partial charge in [0, 0.05) is 36.1 Å². The van der Waals surface area contributed by atoms with E-state index in [0.29, 0.717) is 54.4 Å². The first-order valence-electron chi connectivity index (χ1n) is 14.4. The number of aryl methyl sites for hydroxylation is 1. The van der Waals surface area contributed by atoms with E-state index < -0.39 is 6.23 Å². The first-order chi connectivity index (χ1) is 20.7. The average molecular weight is 589 g/mol. The number of carbonyl (C=O) groups is 1. The maximum atomic E-state index is 13.6. The molecular weight excluding hydrogens is 548 g/mol. The van der Waals surface area contributed by atoms with Crippen LogP contribution in [-0.2, 0) is 0 Å². The topological polar surface area (TPSA) is 171 Å². The van der Waals surface area contributed by atoms with Crippen LogP contribution in [0.3, 0.4) is 0 Å². The molecule has 8 N–H and O–H groups in total. The zero-order valence-electron chi connectivity index (χ0n) is 24.5. The maximum Gasteiger partial charge on any atom is 0.254 e. The lowest BCUT2D eigenvalue weighted by Crippen LogP contribution is -2.55. The largest absolute Gasteiger partial charge is 0.435 e. The van der Waals surface area contributed by atoms with Gasteiger partial charge in [0.05, 0.1) is 29.8 Å². The monoisotopic (exact) mass is 588 g/mol. The lowest BCUT2D eigenvalue weighted by Gasteiger charge is -2.40. The van der Waals surface area contributed by atoms with Gasteiger partial charge in [-0.25, -0.2) is 10.5 Å². The molecule has 12 heteroatoms. The van der Waals surface area contributed by atoms with Crippen molar-refractivity contribution in [1.82, 2.24) is 19.8 Å². The van der Waals surface area contributed by atoms with Gasteiger partial charge in [-0.05, 0) is 75.2 Å². The Morgan fingerprint density at radius 2 is 2.02 bits per heavy atom. The number of imidazole rings is 1. The summed E-state index contributed by atoms with van der Waals surface area (Å²) in [6.07, 6.45) is 0.481. The molecule has 3 atom stereocenters. The van der Waals surface area contributed by atoms with Crippen molar-refractivity contribution in [2.45, 2.75) is 45.1 Å². The Hall–Kier alpha value is -4.36. The average Bonchev–Trinajstić information content (AvgIpc) is 3.61. The van der Waals surface area contributed by atoms with Gasteiger partial charge in [0.1, 0.15) is 6.23 Å². The lowest BCUT2D eigenvalue weighted by atomic mass is 10.1. The fraction of sp³-hybridized carbons (Fsp3) is 0.355. The predicted octanol–water partition coefficient (Wildman–Crippen LogP) is 3.37. The van der Waals surface area contributed by atoms with E-state index in [9.17, 15) is 15.1 Å². The molecule has 0 spiro atoms. The van der Waals surface area contributed by atoms with Gasteiger partial charge in [0.15, 0.2) is 11.6 Å². The molecular formula is C31H40N8O4. The maximum absolute atomic E-state index is 13.6. The Morgan fingerprint density at radius 3 is 2.70 bits per heavy atom. The first kappa shape index (κ1) is 30.1. The van der Waals surface area contributed by atoms with E-state index in [4.69, 9.17) is 20.9 Å². The minimum atomic E-state index is -0.824. The van der Waals surface area contributed by atoms with Gasteiger partial charge in [-0.3, -0.25) is 10.0 Å². The molecule has 1 aliphatic rings. The molecule has 1 saturated heterocycles. The van der Waals surface area contributed by atoms with Crippen molar-refractivity contribution in [3.63, 3.8) is 0 Å². The SMILES string of the molecule is C=C(N)C(CCCNC(C)N)n1c(-c2ccc(NO)o2)nc2cc(C(=O)N3CCN(c4cccc(C)c4)C(O)C3)ccc21. The van der Waals surface area contributed by atoms with E-state index in [1.165, 1.54) is 0 Å². The number of aliphatic hydroxyl groups excluding tert-OH is 1. The summed E-state index contributed by atoms with van der Waals surface area (Å²) in [5.74, 6) is 0.876. The zero-order chi connectivity index (χ0) is 30.7. The number of rotatable bonds is 11. The number of benzene rings is 2. The molecule has 0 aliphatic carbocycles. The Bertz CT molecular complexity index is 1600. The van der Waals surface area contributed by atoms with Gasteiger partial charge in [-0.15, -0.1) is 0 Å². The van der Waals surface area contributed by atoms with Crippen LogP contribution in [0.25, 0.3) is 22.6 Å². The molecule has 1 fully saturated rings. The molecule has 2 aromatic heterocycles. The number of piperazine rings is 1. The summed E-state index contributed by atoms with van der Waals surface area (Å²) in [6, 6.07) is 16.3. The number of nitrogens with one attached hydrogen (secondary N) is 2. The van der Waals surface area contributed by atoms with E-state index in [1.807, 2.05) is 59.1 Å². The van der Waals surface area contributed by atoms with Crippen LogP contribution in [0.1, 0.15) is 41.7 Å². The number of fused-ring (bicyclic) bond motifs is 1. The highest BCUT2D eigenvalue weighted by Gasteiger charge is 2.30. The quantitative estimate of drug-likeness (QED) is 0.0867. The number of aliphatic hydroxyl groups is 1. The summed E-state index contributed by atoms with van der Waals surface area (Å²) in [5, 5.41) is 23.5. The fourth-order valence-electron chi connectivity index (χ4n) is 5.58. The normalized spacial score (nSPS) is 16.8. The van der Waals surface area contributed by atoms with Gasteiger partial charge >= 0.3 is 0 Å². The minimum Gasteiger partial charge on any atom is -0.435 e. The van der Waals surface area contributed by atoms with Crippen molar-refractivity contribution in [3.8, 4) is 11.6 Å². The summed E-state index contributed by atoms with van der Waals surface area (Å²) >= 11 is 0. The van der Waals surface area contributed by atoms with Crippen molar-refractivity contribution in [1.29, 1.82) is 0 Å². The highest BCUT2D eigenvalue weighted by Crippen LogP contribution is 2.34. The molecule has 43 heavy (non-hydrogen) atoms. The molecule has 1 aliphatic heterocycles. The predicted molar refractivity (Wildman–Crippen MR) is 167 cm³/mol. The van der Waals surface area contributed by atoms with Crippen molar-refractivity contribution < 1.29 is 19.5 Å². The van der Waals surface area contributed by atoms with E-state index in [0.717, 1.165) is 23.2 Å². The number of furan rings is 1. The molecule has 2 aromatic carbocycles. The van der Waals surface area contributed by atoms with E-state index in [2.05, 4.69) is 11.9 Å². The molecule has 228 valence electrons. The Labute approximate surface area is 250 Å². The highest BCUT2D eigenvalue weighted by molar-refractivity contribution is 5.98. The standard InChI is InChI=1S/C31H40N8O4/c1-19-6-4-7-23(16-19)38-15-14-37(18-29(38)40)31(41)22-9-10-26-24(17-22)35-30(27-11-12-28(36-42)43-27)39(26)25(20(2)32)8-5-13-34-21(3)33/h4,6-7,9-12,16-17,21,25,29,34,36,40,42H,2,5,8,13-15,18,32-33H2,1,3H3. The first-order valence-corrected chi connectivity index (χ1v) is 14.4. The van der Waals surface area contributed by atoms with Crippen molar-refractivity contribution in [2.75, 3.05) is 36.6 Å². The number of nitrogens with zero attached hydrogens (tertiary/aromatic N) is 4. The summed E-state index contributed by atoms with van der Waals surface area (Å²) in [5.41, 5.74) is 18.5. The molecule has 4 aromatic rings. The summed E-state index contributed by atoms with van der Waals surface area (Å²) in [7, 11) is 0. The van der Waals surface area contributed by atoms with Gasteiger partial charge in [0.2, 0.25) is 5.88 Å². The molecule has 3 unspecified atom stereocenters. The fourth-order valence-corrected chi connectivity index (χ4v) is 5.58. The van der Waals surface area contributed by atoms with Crippen LogP contribution in [0.2, 0.25) is 0 Å². The second-order valence-electron chi connectivity index (χ2n) is 11.0. The van der Waals surface area contributed by atoms with Crippen LogP contribution < -0.4 is 27.2 Å². The summed E-state index contributed by atoms with van der Waals surface area (Å²) < 4.78 is 7.72. The number of allylic oxidation sites excluding steroid dienone is 1. The van der Waals surface area contributed by atoms with Gasteiger partial charge in [-0.2, -0.15) is 0 Å². The molecule has 1 amide bonds. The van der Waals surface area contributed by atoms with Gasteiger partial charge in [-0.1, -0.05) is 18.7 Å². The number of anilines is 2. The Balaban J connectivity index is 1.44. The van der Waals surface area contributed by atoms with Crippen LogP contribution in [0, 0.1) is 6.92 Å². The summed E-state index contributed by atoms with van der Waals surface area (Å²) in [4.78, 5) is 22.0. The second-order valence-corrected chi connectivity index (χ2v) is 11.0. The third kappa shape index (κ3) is 6.52. The zero-order valence-corrected chi connectivity index (χ0v) is 24.5. The number of amides is 1. The van der Waals surface area contributed by atoms with Crippen LogP contribution in [0.4, 0.5) is 11.6 Å². The van der Waals surface area contributed by atoms with Crippen LogP contribution >= 0.6 is 0 Å². The van der Waals surface area contributed by atoms with Crippen molar-refractivity contribution in [3.05, 3.63) is 78.0 Å². The molecule has 0 radical (unpaired) electrons. The Morgan fingerprint density at radius 1 is 1.21 bits per heavy atom. The van der Waals surface area contributed by atoms with Crippen molar-refractivity contribution in [2.24, 2.45) is 11.5 Å². The number of nitrogens with two attached hydrogens (primary N) is 2. The molecule has 5 rings (SSSR count). The molecule has 0 bridgehead atoms. The lowest BCUT2D eigenvalue weighted by molar-refractivity contribution is 0.0522. The van der Waals surface area contributed by atoms with E-state index in [-0.39, 0.29) is 30.5 Å². The Kier molecular flexibility index (Phi) is 9.02. The minimum absolute atomic E-state index is 0.126. The summed E-state index contributed by atoms with van der Waals surface area (Å²) in [6.45, 7) is 9.80. The van der Waals surface area contributed by atoms with Gasteiger partial charge in [0.25, 0.3) is 5.91 Å². The van der Waals surface area contributed by atoms with E-state index >= 15 is 0 Å². The number of aromatic nitrogens is 2. The number of carbonyl (C=O) groups excluding carboxylic acids is 1. The van der Waals surface area contributed by atoms with Crippen LogP contribution in [0.5, 0.6) is 0 Å². The third-order valence-corrected chi connectivity index (χ3v) is 7.71. The second kappa shape index (κ2) is 12.9. The van der Waals surface area contributed by atoms with Crippen LogP contribution in [-0.4, -0.2) is 69.2 Å².